The van der Waals surface area contributed by atoms with Crippen molar-refractivity contribution in [1.82, 2.24) is 4.89 Å². The van der Waals surface area contributed by atoms with Crippen molar-refractivity contribution in [2.45, 2.75) is 0 Å². The van der Waals surface area contributed by atoms with Crippen LogP contribution in [0.25, 0.3) is 5.83 Å². The van der Waals surface area contributed by atoms with Gasteiger partial charge >= 0.3 is 60.8 Å². The summed E-state index contributed by atoms with van der Waals surface area (Å²) in [6, 6.07) is 2.61. The van der Waals surface area contributed by atoms with Gasteiger partial charge in [0.25, 0.3) is 0 Å². The number of rotatable bonds is 1. The Bertz CT molecular complexity index is 268. The first-order valence-corrected chi connectivity index (χ1v) is 2.84. The second-order valence-electron chi connectivity index (χ2n) is 1.79. The van der Waals surface area contributed by atoms with Crippen molar-refractivity contribution >= 4 is 12.9 Å². The zero-order valence-corrected chi connectivity index (χ0v) is 5.39. The van der Waals surface area contributed by atoms with Crippen LogP contribution in [0.2, 0.25) is 0 Å². The van der Waals surface area contributed by atoms with E-state index in [1.807, 2.05) is 0 Å². The second kappa shape index (κ2) is 3.32. The van der Waals surface area contributed by atoms with Gasteiger partial charge in [0.1, 0.15) is 0 Å². The molecule has 0 aliphatic rings. The van der Waals surface area contributed by atoms with Gasteiger partial charge in [-0.25, -0.2) is 0 Å². The summed E-state index contributed by atoms with van der Waals surface area (Å²) in [5.41, 5.74) is -0.340. The van der Waals surface area contributed by atoms with E-state index in [9.17, 15) is 13.2 Å². The zero-order valence-electron chi connectivity index (χ0n) is 5.39. The average Bonchev–Trinajstić information content (AvgIpc) is 2.05. The summed E-state index contributed by atoms with van der Waals surface area (Å²) in [5.74, 6) is -0.0435. The van der Waals surface area contributed by atoms with Gasteiger partial charge in [-0.05, 0) is 0 Å². The molecule has 56 valence electrons. The fourth-order valence-corrected chi connectivity index (χ4v) is 0.589. The van der Waals surface area contributed by atoms with Crippen LogP contribution >= 0.6 is 0 Å². The van der Waals surface area contributed by atoms with Gasteiger partial charge in [-0.1, -0.05) is 0 Å². The van der Waals surface area contributed by atoms with E-state index in [2.05, 4.69) is 4.89 Å². The molecule has 11 heavy (non-hydrogen) atoms. The van der Waals surface area contributed by atoms with Crippen molar-refractivity contribution in [3.8, 4) is 0 Å². The first-order valence-electron chi connectivity index (χ1n) is 2.84. The molecule has 0 saturated heterocycles. The zero-order chi connectivity index (χ0) is 8.27. The molecule has 0 aliphatic carbocycles. The monoisotopic (exact) mass is 157 g/mol. The molecule has 5 heteroatoms. The van der Waals surface area contributed by atoms with Gasteiger partial charge in [0.15, 0.2) is 0 Å². The predicted molar refractivity (Wildman–Crippen MR) is 35.8 cm³/mol. The Morgan fingerprint density at radius 3 is 2.55 bits per heavy atom. The molecule has 1 aromatic heterocycles. The van der Waals surface area contributed by atoms with Crippen molar-refractivity contribution < 1.29 is 13.2 Å². The minimum atomic E-state index is -2.34. The first-order chi connectivity index (χ1) is 5.22. The fraction of sp³-hybridized carbons (Fsp3) is 0. The molecule has 0 aliphatic heterocycles. The van der Waals surface area contributed by atoms with Crippen molar-refractivity contribution in [3.63, 3.8) is 0 Å². The van der Waals surface area contributed by atoms with Gasteiger partial charge in [-0.3, -0.25) is 0 Å². The van der Waals surface area contributed by atoms with Gasteiger partial charge in [0, 0.05) is 0 Å². The molecule has 0 bridgehead atoms. The van der Waals surface area contributed by atoms with Gasteiger partial charge in [-0.15, -0.1) is 0 Å². The molecule has 0 amide bonds. The molecule has 0 N–H and O–H groups in total. The Morgan fingerprint density at radius 1 is 1.36 bits per heavy atom. The molecule has 0 aromatic carbocycles. The molecular formula is C6H3BF3N. The van der Waals surface area contributed by atoms with Gasteiger partial charge in [-0.2, -0.15) is 0 Å². The quantitative estimate of drug-likeness (QED) is 0.606. The van der Waals surface area contributed by atoms with Crippen LogP contribution in [0.1, 0.15) is 5.69 Å². The Hall–Kier alpha value is -1.13. The molecule has 0 fully saturated rings. The Kier molecular flexibility index (Phi) is 2.41. The van der Waals surface area contributed by atoms with E-state index in [0.717, 1.165) is 0 Å². The Morgan fingerprint density at radius 2 is 2.09 bits per heavy atom. The summed E-state index contributed by atoms with van der Waals surface area (Å²) in [6.45, 7) is 0. The van der Waals surface area contributed by atoms with Crippen LogP contribution in [0.5, 0.6) is 0 Å². The molecule has 1 rings (SSSR count). The van der Waals surface area contributed by atoms with Gasteiger partial charge < -0.3 is 0 Å². The standard InChI is InChI=1S/C6H3BF3N/c8-5(6(9)10)4-2-1-3-7-11-4/h1-3H. The van der Waals surface area contributed by atoms with Crippen molar-refractivity contribution in [1.29, 1.82) is 0 Å². The second-order valence-corrected chi connectivity index (χ2v) is 1.79. The molecule has 1 nitrogen and oxygen atoms in total. The number of aromatic nitrogens is 1. The molecule has 0 atom stereocenters. The summed E-state index contributed by atoms with van der Waals surface area (Å²) in [5, 5.41) is 0. The molecule has 0 unspecified atom stereocenters. The molecular weight excluding hydrogens is 154 g/mol. The predicted octanol–water partition coefficient (Wildman–Crippen LogP) is 1.95. The van der Waals surface area contributed by atoms with Crippen LogP contribution in [0.15, 0.2) is 24.2 Å². The van der Waals surface area contributed by atoms with E-state index >= 15 is 0 Å². The molecule has 0 spiro atoms. The number of nitrogens with zero attached hydrogens (tertiary/aromatic N) is 1. The summed E-state index contributed by atoms with van der Waals surface area (Å²) in [6.07, 6.45) is -2.34. The third kappa shape index (κ3) is 1.90. The Balaban J connectivity index is 3.04. The number of hydrogen-bond donors (Lipinski definition) is 0. The van der Waals surface area contributed by atoms with E-state index < -0.39 is 11.9 Å². The van der Waals surface area contributed by atoms with Crippen LogP contribution in [0, 0.1) is 0 Å². The van der Waals surface area contributed by atoms with E-state index in [0.29, 0.717) is 0 Å². The van der Waals surface area contributed by atoms with E-state index in [-0.39, 0.29) is 5.69 Å². The van der Waals surface area contributed by atoms with E-state index in [1.165, 1.54) is 25.1 Å². The fourth-order valence-electron chi connectivity index (χ4n) is 0.589. The van der Waals surface area contributed by atoms with Crippen molar-refractivity contribution in [2.24, 2.45) is 0 Å². The summed E-state index contributed by atoms with van der Waals surface area (Å²) < 4.78 is 35.5. The Labute approximate surface area is 61.8 Å². The van der Waals surface area contributed by atoms with E-state index in [4.69, 9.17) is 0 Å². The topological polar surface area (TPSA) is 12.9 Å². The first kappa shape index (κ1) is 7.98. The van der Waals surface area contributed by atoms with Crippen LogP contribution in [-0.4, -0.2) is 11.9 Å². The third-order valence-electron chi connectivity index (χ3n) is 1.06. The molecule has 0 radical (unpaired) electrons. The van der Waals surface area contributed by atoms with Crippen molar-refractivity contribution in [2.75, 3.05) is 0 Å². The number of halogens is 3. The van der Waals surface area contributed by atoms with Crippen LogP contribution < -0.4 is 0 Å². The maximum absolute atomic E-state index is 12.3. The third-order valence-corrected chi connectivity index (χ3v) is 1.06. The maximum atomic E-state index is 12.3. The molecule has 1 heterocycles. The van der Waals surface area contributed by atoms with E-state index in [1.54, 1.807) is 0 Å². The normalized spacial score (nSPS) is 9.00. The average molecular weight is 157 g/mol. The van der Waals surface area contributed by atoms with Gasteiger partial charge in [0.05, 0.1) is 0 Å². The number of hydrogen-bond acceptors (Lipinski definition) is 1. The molecule has 1 aromatic rings. The SMILES string of the molecule is FC(F)=C(F)c1cccbn1. The summed E-state index contributed by atoms with van der Waals surface area (Å²) in [4.78, 5) is 3.39. The molecule has 0 saturated carbocycles. The van der Waals surface area contributed by atoms with Crippen LogP contribution in [0.4, 0.5) is 13.2 Å². The van der Waals surface area contributed by atoms with Crippen molar-refractivity contribution in [3.05, 3.63) is 29.9 Å². The summed E-state index contributed by atoms with van der Waals surface area (Å²) >= 11 is 0. The minimum absolute atomic E-state index is 0.340. The van der Waals surface area contributed by atoms with Crippen LogP contribution in [-0.2, 0) is 0 Å². The van der Waals surface area contributed by atoms with Gasteiger partial charge in [0.2, 0.25) is 0 Å². The van der Waals surface area contributed by atoms with Crippen LogP contribution in [0.3, 0.4) is 0 Å². The summed E-state index contributed by atoms with van der Waals surface area (Å²) in [7, 11) is 1.25.